The van der Waals surface area contributed by atoms with Crippen molar-refractivity contribution < 1.29 is 14.3 Å². The molecule has 0 unspecified atom stereocenters. The maximum atomic E-state index is 11.9. The third kappa shape index (κ3) is 2.94. The van der Waals surface area contributed by atoms with E-state index in [1.54, 1.807) is 11.3 Å². The van der Waals surface area contributed by atoms with Crippen molar-refractivity contribution >= 4 is 27.3 Å². The van der Waals surface area contributed by atoms with E-state index in [-0.39, 0.29) is 5.91 Å². The summed E-state index contributed by atoms with van der Waals surface area (Å²) in [5.74, 6) is -0.106. The Morgan fingerprint density at radius 3 is 3.16 bits per heavy atom. The Kier molecular flexibility index (Phi) is 3.77. The SMILES string of the molecule is O=C(NCc1ccc2sccc2c1)[C@H]1COCCO1. The molecule has 1 N–H and O–H groups in total. The normalized spacial score (nSPS) is 19.5. The van der Waals surface area contributed by atoms with Crippen LogP contribution in [0.15, 0.2) is 29.6 Å². The number of carbonyl (C=O) groups excluding carboxylic acids is 1. The molecule has 0 bridgehead atoms. The molecule has 1 aromatic heterocycles. The zero-order valence-corrected chi connectivity index (χ0v) is 11.2. The van der Waals surface area contributed by atoms with Gasteiger partial charge in [0.1, 0.15) is 0 Å². The van der Waals surface area contributed by atoms with Crippen molar-refractivity contribution in [1.82, 2.24) is 5.32 Å². The van der Waals surface area contributed by atoms with Crippen LogP contribution in [0.2, 0.25) is 0 Å². The van der Waals surface area contributed by atoms with E-state index in [0.29, 0.717) is 26.4 Å². The third-order valence-corrected chi connectivity index (χ3v) is 3.99. The largest absolute Gasteiger partial charge is 0.376 e. The second kappa shape index (κ2) is 5.69. The van der Waals surface area contributed by atoms with Gasteiger partial charge in [-0.05, 0) is 34.5 Å². The van der Waals surface area contributed by atoms with Crippen molar-refractivity contribution in [3.05, 3.63) is 35.2 Å². The summed E-state index contributed by atoms with van der Waals surface area (Å²) in [4.78, 5) is 11.9. The van der Waals surface area contributed by atoms with Gasteiger partial charge in [-0.3, -0.25) is 4.79 Å². The van der Waals surface area contributed by atoms with Gasteiger partial charge in [-0.2, -0.15) is 0 Å². The fourth-order valence-electron chi connectivity index (χ4n) is 2.07. The number of hydrogen-bond donors (Lipinski definition) is 1. The number of nitrogens with one attached hydrogen (secondary N) is 1. The molecule has 0 saturated carbocycles. The van der Waals surface area contributed by atoms with E-state index < -0.39 is 6.10 Å². The summed E-state index contributed by atoms with van der Waals surface area (Å²) in [5, 5.41) is 6.17. The molecule has 100 valence electrons. The van der Waals surface area contributed by atoms with Gasteiger partial charge in [0.15, 0.2) is 6.10 Å². The standard InChI is InChI=1S/C14H15NO3S/c16-14(12-9-17-4-5-18-12)15-8-10-1-2-13-11(7-10)3-6-19-13/h1-3,6-7,12H,4-5,8-9H2,(H,15,16)/t12-/m1/s1. The van der Waals surface area contributed by atoms with E-state index in [2.05, 4.69) is 28.9 Å². The van der Waals surface area contributed by atoms with Crippen molar-refractivity contribution in [1.29, 1.82) is 0 Å². The molecule has 5 heteroatoms. The summed E-state index contributed by atoms with van der Waals surface area (Å²) in [6, 6.07) is 8.31. The van der Waals surface area contributed by atoms with Crippen LogP contribution in [0.25, 0.3) is 10.1 Å². The molecule has 19 heavy (non-hydrogen) atoms. The van der Waals surface area contributed by atoms with Crippen molar-refractivity contribution in [2.45, 2.75) is 12.6 Å². The molecule has 1 amide bonds. The van der Waals surface area contributed by atoms with E-state index >= 15 is 0 Å². The molecule has 2 aromatic rings. The maximum absolute atomic E-state index is 11.9. The lowest BCUT2D eigenvalue weighted by atomic mass is 10.1. The topological polar surface area (TPSA) is 47.6 Å². The molecule has 1 aliphatic rings. The Hall–Kier alpha value is -1.43. The first-order valence-corrected chi connectivity index (χ1v) is 7.14. The van der Waals surface area contributed by atoms with Crippen molar-refractivity contribution in [3.63, 3.8) is 0 Å². The van der Waals surface area contributed by atoms with Crippen LogP contribution in [0, 0.1) is 0 Å². The number of thiophene rings is 1. The lowest BCUT2D eigenvalue weighted by Crippen LogP contribution is -2.42. The quantitative estimate of drug-likeness (QED) is 0.932. The number of rotatable bonds is 3. The zero-order valence-electron chi connectivity index (χ0n) is 10.4. The van der Waals surface area contributed by atoms with Gasteiger partial charge in [0.05, 0.1) is 19.8 Å². The van der Waals surface area contributed by atoms with E-state index in [1.165, 1.54) is 10.1 Å². The minimum Gasteiger partial charge on any atom is -0.376 e. The summed E-state index contributed by atoms with van der Waals surface area (Å²) in [7, 11) is 0. The van der Waals surface area contributed by atoms with Crippen LogP contribution in [-0.4, -0.2) is 31.8 Å². The molecule has 1 atom stereocenters. The molecule has 4 nitrogen and oxygen atoms in total. The minimum atomic E-state index is -0.473. The molecule has 0 radical (unpaired) electrons. The minimum absolute atomic E-state index is 0.106. The maximum Gasteiger partial charge on any atom is 0.251 e. The average molecular weight is 277 g/mol. The first kappa shape index (κ1) is 12.6. The van der Waals surface area contributed by atoms with Gasteiger partial charge in [-0.1, -0.05) is 6.07 Å². The molecule has 1 fully saturated rings. The van der Waals surface area contributed by atoms with Crippen LogP contribution in [0.4, 0.5) is 0 Å². The predicted octanol–water partition coefficient (Wildman–Crippen LogP) is 1.93. The van der Waals surface area contributed by atoms with E-state index in [1.807, 2.05) is 6.07 Å². The van der Waals surface area contributed by atoms with Gasteiger partial charge in [0, 0.05) is 11.2 Å². The van der Waals surface area contributed by atoms with Crippen molar-refractivity contribution in [2.24, 2.45) is 0 Å². The molecule has 0 spiro atoms. The van der Waals surface area contributed by atoms with E-state index in [9.17, 15) is 4.79 Å². The lowest BCUT2D eigenvalue weighted by Gasteiger charge is -2.22. The summed E-state index contributed by atoms with van der Waals surface area (Å²) in [6.07, 6.45) is -0.473. The highest BCUT2D eigenvalue weighted by Crippen LogP contribution is 2.21. The van der Waals surface area contributed by atoms with Crippen molar-refractivity contribution in [3.8, 4) is 0 Å². The lowest BCUT2D eigenvalue weighted by molar-refractivity contribution is -0.147. The summed E-state index contributed by atoms with van der Waals surface area (Å²) >= 11 is 1.72. The highest BCUT2D eigenvalue weighted by molar-refractivity contribution is 7.17. The Labute approximate surface area is 115 Å². The molecule has 1 aromatic carbocycles. The second-order valence-electron chi connectivity index (χ2n) is 4.44. The van der Waals surface area contributed by atoms with Crippen LogP contribution in [-0.2, 0) is 20.8 Å². The molecule has 3 rings (SSSR count). The Bertz CT molecular complexity index is 575. The number of ether oxygens (including phenoxy) is 2. The smallest absolute Gasteiger partial charge is 0.251 e. The first-order chi connectivity index (χ1) is 9.33. The summed E-state index contributed by atoms with van der Waals surface area (Å²) in [5.41, 5.74) is 1.09. The molecule has 2 heterocycles. The Balaban J connectivity index is 1.60. The van der Waals surface area contributed by atoms with E-state index in [4.69, 9.17) is 9.47 Å². The highest BCUT2D eigenvalue weighted by atomic mass is 32.1. The fourth-order valence-corrected chi connectivity index (χ4v) is 2.84. The fraction of sp³-hybridized carbons (Fsp3) is 0.357. The first-order valence-electron chi connectivity index (χ1n) is 6.26. The molecule has 1 aliphatic heterocycles. The zero-order chi connectivity index (χ0) is 13.1. The van der Waals surface area contributed by atoms with Crippen molar-refractivity contribution in [2.75, 3.05) is 19.8 Å². The summed E-state index contributed by atoms with van der Waals surface area (Å²) < 4.78 is 11.8. The number of carbonyl (C=O) groups is 1. The number of fused-ring (bicyclic) bond motifs is 1. The number of benzene rings is 1. The monoisotopic (exact) mass is 277 g/mol. The predicted molar refractivity (Wildman–Crippen MR) is 74.2 cm³/mol. The number of hydrogen-bond acceptors (Lipinski definition) is 4. The average Bonchev–Trinajstić information content (AvgIpc) is 2.93. The van der Waals surface area contributed by atoms with Crippen LogP contribution < -0.4 is 5.32 Å². The van der Waals surface area contributed by atoms with Gasteiger partial charge in [0.25, 0.3) is 5.91 Å². The molecule has 1 saturated heterocycles. The Morgan fingerprint density at radius 1 is 1.37 bits per heavy atom. The van der Waals surface area contributed by atoms with Gasteiger partial charge < -0.3 is 14.8 Å². The van der Waals surface area contributed by atoms with Crippen LogP contribution >= 0.6 is 11.3 Å². The molecular formula is C14H15NO3S. The van der Waals surface area contributed by atoms with E-state index in [0.717, 1.165) is 5.56 Å². The third-order valence-electron chi connectivity index (χ3n) is 3.09. The Morgan fingerprint density at radius 2 is 2.32 bits per heavy atom. The van der Waals surface area contributed by atoms with Gasteiger partial charge >= 0.3 is 0 Å². The second-order valence-corrected chi connectivity index (χ2v) is 5.39. The molecular weight excluding hydrogens is 262 g/mol. The highest BCUT2D eigenvalue weighted by Gasteiger charge is 2.22. The van der Waals surface area contributed by atoms with Gasteiger partial charge in [0.2, 0.25) is 0 Å². The van der Waals surface area contributed by atoms with Crippen LogP contribution in [0.5, 0.6) is 0 Å². The molecule has 0 aliphatic carbocycles. The van der Waals surface area contributed by atoms with Crippen LogP contribution in [0.1, 0.15) is 5.56 Å². The van der Waals surface area contributed by atoms with Gasteiger partial charge in [-0.15, -0.1) is 11.3 Å². The van der Waals surface area contributed by atoms with Crippen LogP contribution in [0.3, 0.4) is 0 Å². The number of amides is 1. The summed E-state index contributed by atoms with van der Waals surface area (Å²) in [6.45, 7) is 1.91. The van der Waals surface area contributed by atoms with Gasteiger partial charge in [-0.25, -0.2) is 0 Å².